The van der Waals surface area contributed by atoms with Gasteiger partial charge in [-0.2, -0.15) is 0 Å². The number of likely N-dealkylation sites (N-methyl/N-ethyl adjacent to an activating group) is 1. The van der Waals surface area contributed by atoms with Gasteiger partial charge in [0.1, 0.15) is 0 Å². The molecule has 0 heterocycles. The number of benzene rings is 1. The molecule has 0 saturated heterocycles. The zero-order valence-corrected chi connectivity index (χ0v) is 12.3. The van der Waals surface area contributed by atoms with Crippen molar-refractivity contribution >= 4 is 23.2 Å². The van der Waals surface area contributed by atoms with Crippen LogP contribution in [0.25, 0.3) is 0 Å². The fraction of sp³-hybridized carbons (Fsp3) is 0.500. The molecule has 106 valence electrons. The molecular formula is C14H22ClN3O. The number of halogens is 1. The summed E-state index contributed by atoms with van der Waals surface area (Å²) in [6.07, 6.45) is 1.10. The van der Waals surface area contributed by atoms with Crippen LogP contribution in [0.2, 0.25) is 5.02 Å². The van der Waals surface area contributed by atoms with Gasteiger partial charge in [-0.1, -0.05) is 24.6 Å². The number of carbonyl (C=O) groups is 1. The van der Waals surface area contributed by atoms with Gasteiger partial charge < -0.3 is 16.0 Å². The van der Waals surface area contributed by atoms with E-state index < -0.39 is 0 Å². The summed E-state index contributed by atoms with van der Waals surface area (Å²) in [6.45, 7) is 6.76. The number of hydrogen-bond acceptors (Lipinski definition) is 3. The van der Waals surface area contributed by atoms with E-state index in [2.05, 4.69) is 12.2 Å². The Kier molecular flexibility index (Phi) is 6.67. The van der Waals surface area contributed by atoms with E-state index in [0.29, 0.717) is 11.6 Å². The van der Waals surface area contributed by atoms with Crippen LogP contribution in [0, 0.1) is 0 Å². The van der Waals surface area contributed by atoms with Crippen molar-refractivity contribution in [1.29, 1.82) is 0 Å². The third-order valence-corrected chi connectivity index (χ3v) is 3.22. The fourth-order valence-electron chi connectivity index (χ4n) is 1.85. The lowest BCUT2D eigenvalue weighted by Gasteiger charge is -2.22. The Bertz CT molecular complexity index is 423. The SMILES string of the molecule is CCCNCc1ccc(N(CC)CC(N)=O)cc1Cl. The molecule has 0 unspecified atom stereocenters. The first-order chi connectivity index (χ1) is 9.08. The topological polar surface area (TPSA) is 58.4 Å². The van der Waals surface area contributed by atoms with Gasteiger partial charge in [-0.15, -0.1) is 0 Å². The number of carbonyl (C=O) groups excluding carboxylic acids is 1. The number of hydrogen-bond donors (Lipinski definition) is 2. The highest BCUT2D eigenvalue weighted by Crippen LogP contribution is 2.23. The number of nitrogens with two attached hydrogens (primary N) is 1. The number of primary amides is 1. The highest BCUT2D eigenvalue weighted by molar-refractivity contribution is 6.31. The maximum atomic E-state index is 11.0. The van der Waals surface area contributed by atoms with E-state index >= 15 is 0 Å². The van der Waals surface area contributed by atoms with Crippen molar-refractivity contribution in [3.8, 4) is 0 Å². The molecule has 0 aliphatic heterocycles. The van der Waals surface area contributed by atoms with Crippen molar-refractivity contribution in [3.63, 3.8) is 0 Å². The van der Waals surface area contributed by atoms with Gasteiger partial charge in [0.05, 0.1) is 6.54 Å². The lowest BCUT2D eigenvalue weighted by atomic mass is 10.2. The summed E-state index contributed by atoms with van der Waals surface area (Å²) in [4.78, 5) is 12.9. The number of anilines is 1. The van der Waals surface area contributed by atoms with Crippen molar-refractivity contribution in [2.45, 2.75) is 26.8 Å². The average Bonchev–Trinajstić information content (AvgIpc) is 2.38. The second kappa shape index (κ2) is 8.02. The smallest absolute Gasteiger partial charge is 0.236 e. The Morgan fingerprint density at radius 2 is 2.16 bits per heavy atom. The molecule has 0 bridgehead atoms. The second-order valence-corrected chi connectivity index (χ2v) is 4.84. The van der Waals surface area contributed by atoms with Gasteiger partial charge >= 0.3 is 0 Å². The van der Waals surface area contributed by atoms with E-state index in [-0.39, 0.29) is 12.5 Å². The summed E-state index contributed by atoms with van der Waals surface area (Å²) in [7, 11) is 0. The van der Waals surface area contributed by atoms with Crippen molar-refractivity contribution in [2.75, 3.05) is 24.5 Å². The molecule has 1 aromatic carbocycles. The lowest BCUT2D eigenvalue weighted by molar-refractivity contribution is -0.116. The summed E-state index contributed by atoms with van der Waals surface area (Å²) in [5.41, 5.74) is 7.22. The monoisotopic (exact) mass is 283 g/mol. The van der Waals surface area contributed by atoms with Gasteiger partial charge in [0.25, 0.3) is 0 Å². The minimum absolute atomic E-state index is 0.209. The molecule has 0 aliphatic carbocycles. The molecule has 1 rings (SSSR count). The Balaban J connectivity index is 2.76. The van der Waals surface area contributed by atoms with Gasteiger partial charge in [0.15, 0.2) is 0 Å². The molecule has 5 heteroatoms. The molecule has 0 aliphatic rings. The van der Waals surface area contributed by atoms with Gasteiger partial charge in [-0.25, -0.2) is 0 Å². The molecular weight excluding hydrogens is 262 g/mol. The Labute approximate surface area is 119 Å². The van der Waals surface area contributed by atoms with Crippen LogP contribution >= 0.6 is 11.6 Å². The molecule has 4 nitrogen and oxygen atoms in total. The summed E-state index contributed by atoms with van der Waals surface area (Å²) in [5, 5.41) is 4.03. The molecule has 0 atom stereocenters. The molecule has 1 aromatic rings. The van der Waals surface area contributed by atoms with Crippen molar-refractivity contribution < 1.29 is 4.79 Å². The van der Waals surface area contributed by atoms with E-state index in [0.717, 1.165) is 30.8 Å². The first-order valence-corrected chi connectivity index (χ1v) is 6.98. The number of amides is 1. The van der Waals surface area contributed by atoms with E-state index in [1.165, 1.54) is 0 Å². The Morgan fingerprint density at radius 1 is 1.42 bits per heavy atom. The lowest BCUT2D eigenvalue weighted by Crippen LogP contribution is -2.33. The maximum Gasteiger partial charge on any atom is 0.236 e. The molecule has 0 radical (unpaired) electrons. The van der Waals surface area contributed by atoms with Crippen LogP contribution in [-0.2, 0) is 11.3 Å². The van der Waals surface area contributed by atoms with Gasteiger partial charge in [-0.3, -0.25) is 4.79 Å². The highest BCUT2D eigenvalue weighted by Gasteiger charge is 2.09. The Morgan fingerprint density at radius 3 is 2.68 bits per heavy atom. The summed E-state index contributed by atoms with van der Waals surface area (Å²) < 4.78 is 0. The predicted molar refractivity (Wildman–Crippen MR) is 80.5 cm³/mol. The highest BCUT2D eigenvalue weighted by atomic mass is 35.5. The maximum absolute atomic E-state index is 11.0. The first kappa shape index (κ1) is 15.8. The zero-order valence-electron chi connectivity index (χ0n) is 11.6. The normalized spacial score (nSPS) is 10.5. The molecule has 1 amide bonds. The summed E-state index contributed by atoms with van der Waals surface area (Å²) in [6, 6.07) is 5.85. The minimum Gasteiger partial charge on any atom is -0.368 e. The van der Waals surface area contributed by atoms with E-state index in [1.807, 2.05) is 30.0 Å². The van der Waals surface area contributed by atoms with Crippen molar-refractivity contribution in [2.24, 2.45) is 5.73 Å². The quantitative estimate of drug-likeness (QED) is 0.719. The predicted octanol–water partition coefficient (Wildman–Crippen LogP) is 2.15. The minimum atomic E-state index is -0.341. The van der Waals surface area contributed by atoms with Crippen LogP contribution in [0.4, 0.5) is 5.69 Å². The molecule has 3 N–H and O–H groups in total. The van der Waals surface area contributed by atoms with Crippen LogP contribution in [0.15, 0.2) is 18.2 Å². The Hall–Kier alpha value is -1.26. The molecule has 0 fully saturated rings. The third kappa shape index (κ3) is 5.09. The van der Waals surface area contributed by atoms with Gasteiger partial charge in [-0.05, 0) is 37.6 Å². The van der Waals surface area contributed by atoms with Crippen LogP contribution in [-0.4, -0.2) is 25.5 Å². The van der Waals surface area contributed by atoms with Crippen LogP contribution in [0.1, 0.15) is 25.8 Å². The van der Waals surface area contributed by atoms with Gasteiger partial charge in [0, 0.05) is 23.8 Å². The standard InChI is InChI=1S/C14H22ClN3O/c1-3-7-17-9-11-5-6-12(8-13(11)15)18(4-2)10-14(16)19/h5-6,8,17H,3-4,7,9-10H2,1-2H3,(H2,16,19). The van der Waals surface area contributed by atoms with E-state index in [9.17, 15) is 4.79 Å². The largest absolute Gasteiger partial charge is 0.368 e. The fourth-order valence-corrected chi connectivity index (χ4v) is 2.09. The third-order valence-electron chi connectivity index (χ3n) is 2.87. The second-order valence-electron chi connectivity index (χ2n) is 4.43. The van der Waals surface area contributed by atoms with E-state index in [4.69, 9.17) is 17.3 Å². The van der Waals surface area contributed by atoms with Gasteiger partial charge in [0.2, 0.25) is 5.91 Å². The number of nitrogens with one attached hydrogen (secondary N) is 1. The number of nitrogens with zero attached hydrogens (tertiary/aromatic N) is 1. The zero-order chi connectivity index (χ0) is 14.3. The number of rotatable bonds is 8. The summed E-state index contributed by atoms with van der Waals surface area (Å²) in [5.74, 6) is -0.341. The molecule has 0 saturated carbocycles. The molecule has 0 aromatic heterocycles. The molecule has 19 heavy (non-hydrogen) atoms. The van der Waals surface area contributed by atoms with Crippen LogP contribution < -0.4 is 16.0 Å². The summed E-state index contributed by atoms with van der Waals surface area (Å²) >= 11 is 6.26. The van der Waals surface area contributed by atoms with Crippen molar-refractivity contribution in [3.05, 3.63) is 28.8 Å². The average molecular weight is 284 g/mol. The van der Waals surface area contributed by atoms with Crippen LogP contribution in [0.3, 0.4) is 0 Å². The van der Waals surface area contributed by atoms with Crippen molar-refractivity contribution in [1.82, 2.24) is 5.32 Å². The first-order valence-electron chi connectivity index (χ1n) is 6.60. The van der Waals surface area contributed by atoms with Crippen LogP contribution in [0.5, 0.6) is 0 Å². The van der Waals surface area contributed by atoms with E-state index in [1.54, 1.807) is 0 Å². The molecule has 0 spiro atoms.